The molecule has 2 heterocycles. The fourth-order valence-electron chi connectivity index (χ4n) is 4.06. The van der Waals surface area contributed by atoms with Crippen molar-refractivity contribution in [3.05, 3.63) is 17.5 Å². The number of aromatic nitrogens is 2. The van der Waals surface area contributed by atoms with Gasteiger partial charge in [-0.1, -0.05) is 47.0 Å². The van der Waals surface area contributed by atoms with Crippen molar-refractivity contribution in [1.82, 2.24) is 14.7 Å². The van der Waals surface area contributed by atoms with Crippen molar-refractivity contribution in [2.24, 2.45) is 0 Å². The minimum atomic E-state index is 0.344. The lowest BCUT2D eigenvalue weighted by Crippen LogP contribution is -2.20. The van der Waals surface area contributed by atoms with Gasteiger partial charge in [-0.15, -0.1) is 0 Å². The van der Waals surface area contributed by atoms with E-state index < -0.39 is 0 Å². The number of rotatable bonds is 6. The highest BCUT2D eigenvalue weighted by atomic mass is 16.3. The lowest BCUT2D eigenvalue weighted by Gasteiger charge is -2.25. The zero-order valence-corrected chi connectivity index (χ0v) is 17.6. The minimum absolute atomic E-state index is 0.344. The highest BCUT2D eigenvalue weighted by Gasteiger charge is 2.21. The Labute approximate surface area is 161 Å². The first-order valence-electron chi connectivity index (χ1n) is 11.0. The van der Waals surface area contributed by atoms with Gasteiger partial charge in [0.15, 0.2) is 0 Å². The van der Waals surface area contributed by atoms with Gasteiger partial charge >= 0.3 is 0 Å². The number of aliphatic hydroxyl groups is 1. The van der Waals surface area contributed by atoms with Crippen LogP contribution in [0.4, 0.5) is 0 Å². The molecule has 4 heteroatoms. The highest BCUT2D eigenvalue weighted by Crippen LogP contribution is 2.32. The predicted molar refractivity (Wildman–Crippen MR) is 110 cm³/mol. The van der Waals surface area contributed by atoms with E-state index in [4.69, 9.17) is 10.2 Å². The number of likely N-dealkylation sites (tertiary alicyclic amines) is 1. The molecule has 0 aromatic carbocycles. The van der Waals surface area contributed by atoms with Crippen LogP contribution in [0.2, 0.25) is 0 Å². The molecular weight excluding hydrogens is 322 g/mol. The Morgan fingerprint density at radius 1 is 1.00 bits per heavy atom. The monoisotopic (exact) mass is 363 g/mol. The summed E-state index contributed by atoms with van der Waals surface area (Å²) in [6.07, 6.45) is 10.4. The third-order valence-electron chi connectivity index (χ3n) is 5.72. The zero-order chi connectivity index (χ0) is 18.9. The van der Waals surface area contributed by atoms with Crippen LogP contribution < -0.4 is 0 Å². The van der Waals surface area contributed by atoms with Crippen LogP contribution in [-0.4, -0.2) is 46.0 Å². The van der Waals surface area contributed by atoms with Gasteiger partial charge in [0.05, 0.1) is 11.7 Å². The van der Waals surface area contributed by atoms with E-state index in [1.807, 2.05) is 0 Å². The molecule has 3 rings (SSSR count). The molecule has 2 fully saturated rings. The van der Waals surface area contributed by atoms with E-state index in [2.05, 4.69) is 43.3 Å². The van der Waals surface area contributed by atoms with E-state index in [1.54, 1.807) is 0 Å². The molecule has 1 aliphatic heterocycles. The maximum absolute atomic E-state index is 8.50. The van der Waals surface area contributed by atoms with Gasteiger partial charge in [0.25, 0.3) is 0 Å². The van der Waals surface area contributed by atoms with Crippen LogP contribution in [0.1, 0.15) is 108 Å². The topological polar surface area (TPSA) is 41.3 Å². The van der Waals surface area contributed by atoms with Crippen molar-refractivity contribution in [1.29, 1.82) is 0 Å². The van der Waals surface area contributed by atoms with Gasteiger partial charge < -0.3 is 10.0 Å². The Hall–Kier alpha value is -0.870. The number of hydrogen-bond donors (Lipinski definition) is 1. The molecule has 1 aliphatic carbocycles. The minimum Gasteiger partial charge on any atom is -0.396 e. The first-order valence-corrected chi connectivity index (χ1v) is 11.0. The Morgan fingerprint density at radius 3 is 2.19 bits per heavy atom. The third-order valence-corrected chi connectivity index (χ3v) is 5.72. The molecule has 0 bridgehead atoms. The second-order valence-electron chi connectivity index (χ2n) is 8.67. The third kappa shape index (κ3) is 6.38. The number of nitrogens with zero attached hydrogens (tertiary/aromatic N) is 3. The summed E-state index contributed by atoms with van der Waals surface area (Å²) in [5.74, 6) is 1.12. The van der Waals surface area contributed by atoms with E-state index in [1.165, 1.54) is 69.4 Å². The van der Waals surface area contributed by atoms with Crippen LogP contribution >= 0.6 is 0 Å². The normalized spacial score (nSPS) is 19.2. The summed E-state index contributed by atoms with van der Waals surface area (Å²) in [6, 6.07) is 2.98. The fourth-order valence-corrected chi connectivity index (χ4v) is 4.06. The summed E-state index contributed by atoms with van der Waals surface area (Å²) >= 11 is 0. The second-order valence-corrected chi connectivity index (χ2v) is 8.67. The van der Waals surface area contributed by atoms with Crippen molar-refractivity contribution in [2.45, 2.75) is 96.9 Å². The summed E-state index contributed by atoms with van der Waals surface area (Å²) in [7, 11) is 0. The maximum atomic E-state index is 8.50. The van der Waals surface area contributed by atoms with Gasteiger partial charge in [-0.2, -0.15) is 5.10 Å². The first kappa shape index (κ1) is 21.4. The lowest BCUT2D eigenvalue weighted by atomic mass is 9.95. The van der Waals surface area contributed by atoms with Crippen LogP contribution in [0.15, 0.2) is 6.07 Å². The van der Waals surface area contributed by atoms with Gasteiger partial charge in [0.1, 0.15) is 0 Å². The summed E-state index contributed by atoms with van der Waals surface area (Å²) in [5, 5.41) is 13.4. The molecule has 1 N–H and O–H groups in total. The lowest BCUT2D eigenvalue weighted by molar-refractivity contribution is 0.248. The summed E-state index contributed by atoms with van der Waals surface area (Å²) in [4.78, 5) is 2.41. The molecule has 1 aromatic heterocycles. The molecule has 1 aromatic rings. The van der Waals surface area contributed by atoms with Crippen LogP contribution in [0.3, 0.4) is 0 Å². The van der Waals surface area contributed by atoms with Crippen molar-refractivity contribution in [3.8, 4) is 0 Å². The molecule has 26 heavy (non-hydrogen) atoms. The fraction of sp³-hybridized carbons (Fsp3) is 0.864. The quantitative estimate of drug-likeness (QED) is 0.764. The van der Waals surface area contributed by atoms with Gasteiger partial charge in [0, 0.05) is 18.8 Å². The van der Waals surface area contributed by atoms with Crippen molar-refractivity contribution in [3.63, 3.8) is 0 Å². The Balaban J connectivity index is 0.000000228. The van der Waals surface area contributed by atoms with Crippen LogP contribution in [0.25, 0.3) is 0 Å². The molecule has 0 radical (unpaired) electrons. The van der Waals surface area contributed by atoms with Gasteiger partial charge in [-0.25, -0.2) is 0 Å². The summed E-state index contributed by atoms with van der Waals surface area (Å²) in [5.41, 5.74) is 2.69. The molecule has 0 unspecified atom stereocenters. The first-order chi connectivity index (χ1) is 12.5. The molecule has 0 amide bonds. The molecule has 0 atom stereocenters. The molecule has 2 aliphatic rings. The molecule has 1 saturated carbocycles. The number of hydrogen-bond acceptors (Lipinski definition) is 3. The van der Waals surface area contributed by atoms with E-state index in [0.717, 1.165) is 13.0 Å². The van der Waals surface area contributed by atoms with Crippen molar-refractivity contribution < 1.29 is 5.11 Å². The Bertz CT molecular complexity index is 497. The Kier molecular flexibility index (Phi) is 9.13. The van der Waals surface area contributed by atoms with E-state index in [9.17, 15) is 0 Å². The van der Waals surface area contributed by atoms with E-state index in [-0.39, 0.29) is 0 Å². The maximum Gasteiger partial charge on any atom is 0.0653 e. The molecular formula is C22H41N3O. The predicted octanol–water partition coefficient (Wildman–Crippen LogP) is 5.10. The van der Waals surface area contributed by atoms with Crippen LogP contribution in [0.5, 0.6) is 0 Å². The zero-order valence-electron chi connectivity index (χ0n) is 17.6. The van der Waals surface area contributed by atoms with Gasteiger partial charge in [-0.05, 0) is 63.1 Å². The van der Waals surface area contributed by atoms with Crippen LogP contribution in [0, 0.1) is 0 Å². The molecule has 0 spiro atoms. The molecule has 4 nitrogen and oxygen atoms in total. The average Bonchev–Trinajstić information content (AvgIpc) is 3.31. The van der Waals surface area contributed by atoms with Gasteiger partial charge in [-0.3, -0.25) is 4.68 Å². The van der Waals surface area contributed by atoms with E-state index >= 15 is 0 Å². The largest absolute Gasteiger partial charge is 0.396 e. The van der Waals surface area contributed by atoms with Crippen molar-refractivity contribution in [2.75, 3.05) is 26.2 Å². The smallest absolute Gasteiger partial charge is 0.0653 e. The second kappa shape index (κ2) is 11.1. The van der Waals surface area contributed by atoms with Crippen molar-refractivity contribution >= 4 is 0 Å². The average molecular weight is 364 g/mol. The number of aliphatic hydroxyl groups excluding tert-OH is 1. The van der Waals surface area contributed by atoms with E-state index in [0.29, 0.717) is 24.5 Å². The highest BCUT2D eigenvalue weighted by molar-refractivity contribution is 5.17. The molecule has 1 saturated heterocycles. The summed E-state index contributed by atoms with van der Waals surface area (Å²) in [6.45, 7) is 13.0. The summed E-state index contributed by atoms with van der Waals surface area (Å²) < 4.78 is 2.35. The Morgan fingerprint density at radius 2 is 1.65 bits per heavy atom. The van der Waals surface area contributed by atoms with Gasteiger partial charge in [0.2, 0.25) is 0 Å². The van der Waals surface area contributed by atoms with Crippen LogP contribution in [-0.2, 0) is 0 Å². The standard InChI is InChI=1S/C15H26N2.C7H15NO/c1-11(2)14-10-15(12(3)4)17(16-14)13-8-6-5-7-9-13;9-7-3-6-8-4-1-2-5-8/h10-13H,5-9H2,1-4H3;9H,1-7H2. The molecule has 150 valence electrons. The SMILES string of the molecule is CC(C)c1cc(C(C)C)n(C2CCCCC2)n1.OCCCN1CCCC1.